The number of fused-ring (bicyclic) bond motifs is 1. The molecule has 0 N–H and O–H groups in total. The highest BCUT2D eigenvalue weighted by atomic mass is 35.5. The molecule has 4 rings (SSSR count). The Labute approximate surface area is 183 Å². The van der Waals surface area contributed by atoms with Crippen molar-refractivity contribution in [3.8, 4) is 11.4 Å². The van der Waals surface area contributed by atoms with E-state index < -0.39 is 0 Å². The van der Waals surface area contributed by atoms with Crippen LogP contribution in [0.4, 0.5) is 0 Å². The summed E-state index contributed by atoms with van der Waals surface area (Å²) in [5, 5.41) is 9.99. The zero-order valence-corrected chi connectivity index (χ0v) is 17.8. The molecule has 1 aliphatic heterocycles. The summed E-state index contributed by atoms with van der Waals surface area (Å²) >= 11 is 7.44. The van der Waals surface area contributed by atoms with Crippen molar-refractivity contribution >= 4 is 35.2 Å². The Morgan fingerprint density at radius 1 is 0.967 bits per heavy atom. The first kappa shape index (κ1) is 20.6. The molecule has 2 amide bonds. The molecule has 154 valence electrons. The number of benzene rings is 2. The maximum Gasteiger partial charge on any atom is 0.261 e. The van der Waals surface area contributed by atoms with Crippen molar-refractivity contribution in [2.24, 2.45) is 0 Å². The van der Waals surface area contributed by atoms with Gasteiger partial charge in [0, 0.05) is 30.0 Å². The Hall–Kier alpha value is -2.68. The Balaban J connectivity index is 1.48. The lowest BCUT2D eigenvalue weighted by Gasteiger charge is -2.14. The second-order valence-corrected chi connectivity index (χ2v) is 8.11. The quantitative estimate of drug-likeness (QED) is 0.391. The van der Waals surface area contributed by atoms with Crippen LogP contribution in [-0.4, -0.2) is 57.5 Å². The lowest BCUT2D eigenvalue weighted by molar-refractivity contribution is 0.0664. The highest BCUT2D eigenvalue weighted by Gasteiger charge is 2.34. The summed E-state index contributed by atoms with van der Waals surface area (Å²) in [6.07, 6.45) is 0. The van der Waals surface area contributed by atoms with Crippen LogP contribution in [-0.2, 0) is 11.3 Å². The maximum absolute atomic E-state index is 12.5. The molecule has 1 aliphatic rings. The summed E-state index contributed by atoms with van der Waals surface area (Å²) in [4.78, 5) is 26.3. The number of hydrogen-bond donors (Lipinski definition) is 0. The summed E-state index contributed by atoms with van der Waals surface area (Å²) < 4.78 is 7.20. The van der Waals surface area contributed by atoms with E-state index in [1.54, 1.807) is 43.5 Å². The summed E-state index contributed by atoms with van der Waals surface area (Å²) in [6.45, 7) is 1.38. The highest BCUT2D eigenvalue weighted by Crippen LogP contribution is 2.27. The molecule has 0 saturated heterocycles. The summed E-state index contributed by atoms with van der Waals surface area (Å²) in [7, 11) is 1.64. The van der Waals surface area contributed by atoms with Gasteiger partial charge in [0.1, 0.15) is 0 Å². The second kappa shape index (κ2) is 8.99. The smallest absolute Gasteiger partial charge is 0.261 e. The number of rotatable bonds is 8. The van der Waals surface area contributed by atoms with Crippen molar-refractivity contribution in [3.05, 3.63) is 64.7 Å². The fourth-order valence-corrected chi connectivity index (χ4v) is 4.28. The van der Waals surface area contributed by atoms with Crippen LogP contribution in [0.3, 0.4) is 0 Å². The first-order valence-electron chi connectivity index (χ1n) is 9.36. The molecule has 0 unspecified atom stereocenters. The van der Waals surface area contributed by atoms with Gasteiger partial charge in [0.2, 0.25) is 0 Å². The maximum atomic E-state index is 12.5. The van der Waals surface area contributed by atoms with E-state index in [9.17, 15) is 9.59 Å². The van der Waals surface area contributed by atoms with E-state index in [0.29, 0.717) is 52.6 Å². The number of carbonyl (C=O) groups is 2. The van der Waals surface area contributed by atoms with E-state index in [0.717, 1.165) is 5.56 Å². The monoisotopic (exact) mass is 442 g/mol. The number of methoxy groups -OCH3 is 1. The van der Waals surface area contributed by atoms with Gasteiger partial charge in [-0.05, 0) is 36.4 Å². The third-order valence-electron chi connectivity index (χ3n) is 4.76. The van der Waals surface area contributed by atoms with Crippen molar-refractivity contribution in [3.63, 3.8) is 0 Å². The molecule has 0 spiro atoms. The molecule has 1 aromatic heterocycles. The largest absolute Gasteiger partial charge is 0.383 e. The Kier molecular flexibility index (Phi) is 6.17. The predicted molar refractivity (Wildman–Crippen MR) is 115 cm³/mol. The molecule has 7 nitrogen and oxygen atoms in total. The molecule has 0 aliphatic carbocycles. The van der Waals surface area contributed by atoms with Gasteiger partial charge in [-0.15, -0.1) is 10.2 Å². The number of ether oxygens (including phenoxy) is 1. The van der Waals surface area contributed by atoms with Crippen LogP contribution in [0.1, 0.15) is 20.7 Å². The van der Waals surface area contributed by atoms with Crippen molar-refractivity contribution < 1.29 is 14.3 Å². The second-order valence-electron chi connectivity index (χ2n) is 6.61. The van der Waals surface area contributed by atoms with E-state index in [2.05, 4.69) is 10.2 Å². The molecule has 0 fully saturated rings. The van der Waals surface area contributed by atoms with Gasteiger partial charge in [-0.3, -0.25) is 19.1 Å². The topological polar surface area (TPSA) is 77.3 Å². The standard InChI is InChI=1S/C21H19ClN4O3S/c1-29-12-10-25-18(14-6-8-15(22)9-7-14)23-24-21(25)30-13-11-26-19(27)16-4-2-3-5-17(16)20(26)28/h2-9H,10-13H2,1H3. The first-order chi connectivity index (χ1) is 14.6. The number of aromatic nitrogens is 3. The average Bonchev–Trinajstić information content (AvgIpc) is 3.27. The van der Waals surface area contributed by atoms with Crippen LogP contribution in [0, 0.1) is 0 Å². The van der Waals surface area contributed by atoms with Gasteiger partial charge in [0.25, 0.3) is 11.8 Å². The van der Waals surface area contributed by atoms with Crippen LogP contribution in [0.2, 0.25) is 5.02 Å². The minimum atomic E-state index is -0.251. The van der Waals surface area contributed by atoms with Crippen molar-refractivity contribution in [1.29, 1.82) is 0 Å². The Morgan fingerprint density at radius 2 is 1.63 bits per heavy atom. The fourth-order valence-electron chi connectivity index (χ4n) is 3.26. The first-order valence-corrected chi connectivity index (χ1v) is 10.7. The molecule has 2 aromatic carbocycles. The number of nitrogens with zero attached hydrogens (tertiary/aromatic N) is 4. The molecule has 0 saturated carbocycles. The SMILES string of the molecule is COCCn1c(SCCN2C(=O)c3ccccc3C2=O)nnc1-c1ccc(Cl)cc1. The Morgan fingerprint density at radius 3 is 2.27 bits per heavy atom. The summed E-state index contributed by atoms with van der Waals surface area (Å²) in [6, 6.07) is 14.3. The fraction of sp³-hybridized carbons (Fsp3) is 0.238. The molecule has 3 aromatic rings. The van der Waals surface area contributed by atoms with E-state index in [4.69, 9.17) is 16.3 Å². The van der Waals surface area contributed by atoms with E-state index in [1.165, 1.54) is 16.7 Å². The number of imide groups is 1. The zero-order valence-electron chi connectivity index (χ0n) is 16.2. The van der Waals surface area contributed by atoms with Crippen LogP contribution in [0.15, 0.2) is 53.7 Å². The van der Waals surface area contributed by atoms with Gasteiger partial charge in [0.05, 0.1) is 24.3 Å². The molecule has 2 heterocycles. The molecule has 0 bridgehead atoms. The minimum Gasteiger partial charge on any atom is -0.383 e. The molecular formula is C21H19ClN4O3S. The van der Waals surface area contributed by atoms with E-state index in [-0.39, 0.29) is 11.8 Å². The van der Waals surface area contributed by atoms with Gasteiger partial charge in [-0.25, -0.2) is 0 Å². The van der Waals surface area contributed by atoms with Gasteiger partial charge < -0.3 is 4.74 Å². The molecule has 9 heteroatoms. The average molecular weight is 443 g/mol. The lowest BCUT2D eigenvalue weighted by Crippen LogP contribution is -2.31. The van der Waals surface area contributed by atoms with Crippen LogP contribution in [0.25, 0.3) is 11.4 Å². The number of carbonyl (C=O) groups excluding carboxylic acids is 2. The minimum absolute atomic E-state index is 0.251. The predicted octanol–water partition coefficient (Wildman–Crippen LogP) is 3.63. The van der Waals surface area contributed by atoms with Gasteiger partial charge in [-0.1, -0.05) is 35.5 Å². The van der Waals surface area contributed by atoms with Crippen molar-refractivity contribution in [2.45, 2.75) is 11.7 Å². The van der Waals surface area contributed by atoms with E-state index >= 15 is 0 Å². The van der Waals surface area contributed by atoms with Crippen molar-refractivity contribution in [1.82, 2.24) is 19.7 Å². The summed E-state index contributed by atoms with van der Waals surface area (Å²) in [5.41, 5.74) is 1.82. The number of thioether (sulfide) groups is 1. The zero-order chi connectivity index (χ0) is 21.1. The third-order valence-corrected chi connectivity index (χ3v) is 5.96. The number of amides is 2. The van der Waals surface area contributed by atoms with Crippen LogP contribution >= 0.6 is 23.4 Å². The molecule has 30 heavy (non-hydrogen) atoms. The highest BCUT2D eigenvalue weighted by molar-refractivity contribution is 7.99. The van der Waals surface area contributed by atoms with Crippen molar-refractivity contribution in [2.75, 3.05) is 26.0 Å². The summed E-state index contributed by atoms with van der Waals surface area (Å²) in [5.74, 6) is 0.724. The number of halogens is 1. The van der Waals surface area contributed by atoms with Crippen LogP contribution < -0.4 is 0 Å². The van der Waals surface area contributed by atoms with Gasteiger partial charge >= 0.3 is 0 Å². The van der Waals surface area contributed by atoms with Crippen LogP contribution in [0.5, 0.6) is 0 Å². The molecule has 0 radical (unpaired) electrons. The van der Waals surface area contributed by atoms with Gasteiger partial charge in [0.15, 0.2) is 11.0 Å². The third kappa shape index (κ3) is 3.98. The molecular weight excluding hydrogens is 424 g/mol. The number of hydrogen-bond acceptors (Lipinski definition) is 6. The molecule has 0 atom stereocenters. The Bertz CT molecular complexity index is 1050. The normalized spacial score (nSPS) is 13.2. The van der Waals surface area contributed by atoms with Gasteiger partial charge in [-0.2, -0.15) is 0 Å². The lowest BCUT2D eigenvalue weighted by atomic mass is 10.1. The van der Waals surface area contributed by atoms with E-state index in [1.807, 2.05) is 16.7 Å².